The molecule has 6 heteroatoms. The molecule has 1 amide bonds. The van der Waals surface area contributed by atoms with E-state index < -0.39 is 0 Å². The van der Waals surface area contributed by atoms with Crippen LogP contribution in [0.15, 0.2) is 54.7 Å². The van der Waals surface area contributed by atoms with Crippen molar-refractivity contribution in [3.8, 4) is 11.5 Å². The van der Waals surface area contributed by atoms with Crippen molar-refractivity contribution in [1.29, 1.82) is 0 Å². The Balaban J connectivity index is 1.81. The molecule has 0 spiro atoms. The third kappa shape index (κ3) is 3.78. The third-order valence-electron chi connectivity index (χ3n) is 3.81. The van der Waals surface area contributed by atoms with Crippen molar-refractivity contribution in [2.45, 2.75) is 0 Å². The minimum Gasteiger partial charge on any atom is -0.497 e. The Hall–Kier alpha value is -3.05. The van der Waals surface area contributed by atoms with E-state index in [9.17, 15) is 4.79 Å². The maximum absolute atomic E-state index is 12.4. The molecular weight excluding hydrogens is 352 g/mol. The topological polar surface area (TPSA) is 60.5 Å². The van der Waals surface area contributed by atoms with Crippen LogP contribution in [0.4, 0.5) is 0 Å². The van der Waals surface area contributed by atoms with Gasteiger partial charge in [0.1, 0.15) is 17.2 Å². The van der Waals surface area contributed by atoms with Gasteiger partial charge in [0.15, 0.2) is 0 Å². The van der Waals surface area contributed by atoms with Gasteiger partial charge in [-0.25, -0.2) is 4.98 Å². The molecule has 3 rings (SSSR count). The van der Waals surface area contributed by atoms with Crippen LogP contribution in [-0.2, 0) is 0 Å². The summed E-state index contributed by atoms with van der Waals surface area (Å²) in [5.41, 5.74) is 1.68. The van der Waals surface area contributed by atoms with Crippen molar-refractivity contribution in [1.82, 2.24) is 10.3 Å². The monoisotopic (exact) mass is 368 g/mol. The van der Waals surface area contributed by atoms with Gasteiger partial charge in [-0.05, 0) is 35.9 Å². The molecule has 0 atom stereocenters. The zero-order valence-corrected chi connectivity index (χ0v) is 15.1. The number of para-hydroxylation sites is 1. The molecule has 0 saturated heterocycles. The van der Waals surface area contributed by atoms with Crippen molar-refractivity contribution >= 4 is 34.5 Å². The van der Waals surface area contributed by atoms with Crippen LogP contribution in [0.3, 0.4) is 0 Å². The van der Waals surface area contributed by atoms with E-state index in [-0.39, 0.29) is 11.6 Å². The molecule has 0 aliphatic rings. The number of rotatable bonds is 5. The Labute approximate surface area is 156 Å². The molecule has 132 valence electrons. The first-order valence-electron chi connectivity index (χ1n) is 7.87. The van der Waals surface area contributed by atoms with E-state index in [1.165, 1.54) is 0 Å². The molecule has 0 aliphatic carbocycles. The summed E-state index contributed by atoms with van der Waals surface area (Å²) in [6, 6.07) is 14.4. The van der Waals surface area contributed by atoms with Crippen LogP contribution in [-0.4, -0.2) is 25.1 Å². The van der Waals surface area contributed by atoms with E-state index in [4.69, 9.17) is 21.1 Å². The Bertz CT molecular complexity index is 969. The normalized spacial score (nSPS) is 10.9. The van der Waals surface area contributed by atoms with Crippen molar-refractivity contribution in [3.05, 3.63) is 71.0 Å². The number of hydrogen-bond donors (Lipinski definition) is 1. The van der Waals surface area contributed by atoms with Crippen LogP contribution in [0.25, 0.3) is 17.0 Å². The minimum absolute atomic E-state index is 0.224. The zero-order valence-electron chi connectivity index (χ0n) is 14.3. The first kappa shape index (κ1) is 17.8. The first-order valence-corrected chi connectivity index (χ1v) is 8.25. The minimum atomic E-state index is -0.352. The predicted octanol–water partition coefficient (Wildman–Crippen LogP) is 4.31. The SMILES string of the molecule is COc1ccc(/C=C/NC(=O)c2cc(OC)c3cccc(Cl)c3n2)cc1. The number of pyridine rings is 1. The molecule has 3 aromatic rings. The van der Waals surface area contributed by atoms with Crippen LogP contribution in [0.2, 0.25) is 5.02 Å². The van der Waals surface area contributed by atoms with E-state index >= 15 is 0 Å². The Morgan fingerprint density at radius 1 is 1.12 bits per heavy atom. The van der Waals surface area contributed by atoms with Gasteiger partial charge in [-0.2, -0.15) is 0 Å². The number of nitrogens with zero attached hydrogens (tertiary/aromatic N) is 1. The lowest BCUT2D eigenvalue weighted by atomic mass is 10.1. The number of methoxy groups -OCH3 is 2. The number of hydrogen-bond acceptors (Lipinski definition) is 4. The van der Waals surface area contributed by atoms with Crippen molar-refractivity contribution < 1.29 is 14.3 Å². The van der Waals surface area contributed by atoms with Gasteiger partial charge < -0.3 is 14.8 Å². The summed E-state index contributed by atoms with van der Waals surface area (Å²) >= 11 is 6.20. The zero-order chi connectivity index (χ0) is 18.5. The summed E-state index contributed by atoms with van der Waals surface area (Å²) in [6.07, 6.45) is 3.34. The molecule has 5 nitrogen and oxygen atoms in total. The van der Waals surface area contributed by atoms with E-state index in [1.54, 1.807) is 38.6 Å². The van der Waals surface area contributed by atoms with E-state index in [0.717, 1.165) is 16.7 Å². The van der Waals surface area contributed by atoms with Gasteiger partial charge in [-0.15, -0.1) is 0 Å². The fourth-order valence-electron chi connectivity index (χ4n) is 2.47. The molecule has 1 aromatic heterocycles. The molecule has 26 heavy (non-hydrogen) atoms. The summed E-state index contributed by atoms with van der Waals surface area (Å²) < 4.78 is 10.5. The van der Waals surface area contributed by atoms with Gasteiger partial charge in [0, 0.05) is 17.7 Å². The van der Waals surface area contributed by atoms with Crippen LogP contribution in [0, 0.1) is 0 Å². The largest absolute Gasteiger partial charge is 0.497 e. The second kappa shape index (κ2) is 7.89. The number of benzene rings is 2. The highest BCUT2D eigenvalue weighted by atomic mass is 35.5. The number of fused-ring (bicyclic) bond motifs is 1. The maximum Gasteiger partial charge on any atom is 0.273 e. The van der Waals surface area contributed by atoms with E-state index in [1.807, 2.05) is 36.4 Å². The van der Waals surface area contributed by atoms with Gasteiger partial charge >= 0.3 is 0 Å². The molecule has 0 bridgehead atoms. The van der Waals surface area contributed by atoms with Gasteiger partial charge in [-0.1, -0.05) is 29.8 Å². The molecule has 1 heterocycles. The smallest absolute Gasteiger partial charge is 0.273 e. The third-order valence-corrected chi connectivity index (χ3v) is 4.12. The van der Waals surface area contributed by atoms with Gasteiger partial charge in [-0.3, -0.25) is 4.79 Å². The highest BCUT2D eigenvalue weighted by Gasteiger charge is 2.13. The van der Waals surface area contributed by atoms with Crippen molar-refractivity contribution in [3.63, 3.8) is 0 Å². The number of carbonyl (C=O) groups excluding carboxylic acids is 1. The molecular formula is C20H17ClN2O3. The lowest BCUT2D eigenvalue weighted by molar-refractivity contribution is 0.0965. The lowest BCUT2D eigenvalue weighted by Gasteiger charge is -2.09. The summed E-state index contributed by atoms with van der Waals surface area (Å²) in [5.74, 6) is 0.965. The maximum atomic E-state index is 12.4. The van der Waals surface area contributed by atoms with Gasteiger partial charge in [0.05, 0.1) is 24.8 Å². The molecule has 1 N–H and O–H groups in total. The predicted molar refractivity (Wildman–Crippen MR) is 103 cm³/mol. The summed E-state index contributed by atoms with van der Waals surface area (Å²) in [6.45, 7) is 0. The molecule has 0 fully saturated rings. The van der Waals surface area contributed by atoms with Crippen LogP contribution >= 0.6 is 11.6 Å². The van der Waals surface area contributed by atoms with Crippen molar-refractivity contribution in [2.75, 3.05) is 14.2 Å². The second-order valence-corrected chi connectivity index (χ2v) is 5.83. The molecule has 0 radical (unpaired) electrons. The lowest BCUT2D eigenvalue weighted by Crippen LogP contribution is -2.18. The van der Waals surface area contributed by atoms with Crippen molar-refractivity contribution in [2.24, 2.45) is 0 Å². The quantitative estimate of drug-likeness (QED) is 0.729. The van der Waals surface area contributed by atoms with Gasteiger partial charge in [0.2, 0.25) is 0 Å². The fraction of sp³-hybridized carbons (Fsp3) is 0.100. The summed E-state index contributed by atoms with van der Waals surface area (Å²) in [4.78, 5) is 16.8. The highest BCUT2D eigenvalue weighted by molar-refractivity contribution is 6.35. The Morgan fingerprint density at radius 3 is 2.58 bits per heavy atom. The fourth-order valence-corrected chi connectivity index (χ4v) is 2.69. The Kier molecular flexibility index (Phi) is 5.39. The second-order valence-electron chi connectivity index (χ2n) is 5.43. The molecule has 0 saturated carbocycles. The number of amides is 1. The number of aromatic nitrogens is 1. The Morgan fingerprint density at radius 2 is 1.88 bits per heavy atom. The number of halogens is 1. The van der Waals surface area contributed by atoms with E-state index in [0.29, 0.717) is 16.3 Å². The molecule has 0 aliphatic heterocycles. The van der Waals surface area contributed by atoms with Crippen LogP contribution in [0.1, 0.15) is 16.1 Å². The standard InChI is InChI=1S/C20H17ClN2O3/c1-25-14-8-6-13(7-9-14)10-11-22-20(24)17-12-18(26-2)15-4-3-5-16(21)19(15)23-17/h3-12H,1-2H3,(H,22,24)/b11-10+. The first-order chi connectivity index (χ1) is 12.6. The number of carbonyl (C=O) groups is 1. The highest BCUT2D eigenvalue weighted by Crippen LogP contribution is 2.29. The number of ether oxygens (including phenoxy) is 2. The summed E-state index contributed by atoms with van der Waals surface area (Å²) in [5, 5.41) is 3.92. The van der Waals surface area contributed by atoms with Crippen LogP contribution < -0.4 is 14.8 Å². The molecule has 2 aromatic carbocycles. The average molecular weight is 369 g/mol. The molecule has 0 unspecified atom stereocenters. The average Bonchev–Trinajstić information content (AvgIpc) is 2.68. The van der Waals surface area contributed by atoms with Crippen LogP contribution in [0.5, 0.6) is 11.5 Å². The number of nitrogens with one attached hydrogen (secondary N) is 1. The summed E-state index contributed by atoms with van der Waals surface area (Å²) in [7, 11) is 3.16. The van der Waals surface area contributed by atoms with Gasteiger partial charge in [0.25, 0.3) is 5.91 Å². The van der Waals surface area contributed by atoms with E-state index in [2.05, 4.69) is 10.3 Å².